The van der Waals surface area contributed by atoms with E-state index in [1.54, 1.807) is 0 Å². The summed E-state index contributed by atoms with van der Waals surface area (Å²) in [4.78, 5) is 14.7. The molecule has 0 spiro atoms. The summed E-state index contributed by atoms with van der Waals surface area (Å²) >= 11 is 0. The molecule has 8 aromatic carbocycles. The monoisotopic (exact) mass is 663 g/mol. The lowest BCUT2D eigenvalue weighted by Crippen LogP contribution is -2.00. The minimum Gasteiger partial charge on any atom is -0.208 e. The third-order valence-corrected chi connectivity index (χ3v) is 9.54. The molecule has 9 rings (SSSR count). The molecule has 9 aromatic rings. The molecule has 0 bridgehead atoms. The van der Waals surface area contributed by atoms with Gasteiger partial charge in [-0.1, -0.05) is 182 Å². The van der Waals surface area contributed by atoms with Crippen molar-refractivity contribution in [2.24, 2.45) is 0 Å². The standard InChI is InChI=1S/C49H33N3/c1-5-15-34(16-6-1)40-31-41(35-17-7-2-8-18-35)33-42(32-40)44-30-29-43(45-23-13-14-24-46(44)45)36-25-27-39(28-26-36)49-51-47(37-19-9-3-10-20-37)50-48(52-49)38-21-11-4-12-22-38/h1-33H. The van der Waals surface area contributed by atoms with Gasteiger partial charge in [-0.3, -0.25) is 0 Å². The molecule has 0 aliphatic rings. The van der Waals surface area contributed by atoms with E-state index in [0.717, 1.165) is 22.3 Å². The van der Waals surface area contributed by atoms with Crippen LogP contribution in [-0.2, 0) is 0 Å². The Morgan fingerprint density at radius 2 is 0.519 bits per heavy atom. The smallest absolute Gasteiger partial charge is 0.164 e. The molecule has 3 heteroatoms. The molecule has 1 heterocycles. The van der Waals surface area contributed by atoms with Gasteiger partial charge in [-0.2, -0.15) is 0 Å². The fourth-order valence-electron chi connectivity index (χ4n) is 6.92. The third kappa shape index (κ3) is 6.17. The molecule has 0 atom stereocenters. The first kappa shape index (κ1) is 31.0. The number of rotatable bonds is 7. The Hall–Kier alpha value is -6.97. The van der Waals surface area contributed by atoms with Crippen molar-refractivity contribution in [3.8, 4) is 78.7 Å². The highest BCUT2D eigenvalue weighted by molar-refractivity contribution is 6.05. The van der Waals surface area contributed by atoms with E-state index in [1.807, 2.05) is 60.7 Å². The lowest BCUT2D eigenvalue weighted by Gasteiger charge is -2.15. The lowest BCUT2D eigenvalue weighted by atomic mass is 9.89. The van der Waals surface area contributed by atoms with E-state index in [0.29, 0.717) is 17.5 Å². The number of benzene rings is 8. The Balaban J connectivity index is 1.13. The Labute approximate surface area is 303 Å². The molecule has 0 saturated heterocycles. The first-order valence-corrected chi connectivity index (χ1v) is 17.5. The second kappa shape index (κ2) is 13.7. The van der Waals surface area contributed by atoms with Crippen molar-refractivity contribution in [1.29, 1.82) is 0 Å². The van der Waals surface area contributed by atoms with Gasteiger partial charge in [0, 0.05) is 16.7 Å². The predicted molar refractivity (Wildman–Crippen MR) is 215 cm³/mol. The van der Waals surface area contributed by atoms with E-state index < -0.39 is 0 Å². The van der Waals surface area contributed by atoms with E-state index in [1.165, 1.54) is 49.7 Å². The minimum absolute atomic E-state index is 0.645. The molecule has 0 saturated carbocycles. The maximum Gasteiger partial charge on any atom is 0.164 e. The van der Waals surface area contributed by atoms with Gasteiger partial charge in [0.1, 0.15) is 0 Å². The Bertz CT molecular complexity index is 2520. The molecule has 0 N–H and O–H groups in total. The zero-order chi connectivity index (χ0) is 34.7. The van der Waals surface area contributed by atoms with Crippen LogP contribution in [0, 0.1) is 0 Å². The van der Waals surface area contributed by atoms with E-state index >= 15 is 0 Å². The summed E-state index contributed by atoms with van der Waals surface area (Å²) in [5.41, 5.74) is 12.4. The van der Waals surface area contributed by atoms with Crippen molar-refractivity contribution >= 4 is 10.8 Å². The number of aromatic nitrogens is 3. The lowest BCUT2D eigenvalue weighted by molar-refractivity contribution is 1.07. The van der Waals surface area contributed by atoms with Crippen LogP contribution in [0.15, 0.2) is 200 Å². The largest absolute Gasteiger partial charge is 0.208 e. The molecule has 0 amide bonds. The van der Waals surface area contributed by atoms with Crippen LogP contribution in [0.3, 0.4) is 0 Å². The quantitative estimate of drug-likeness (QED) is 0.170. The van der Waals surface area contributed by atoms with Crippen molar-refractivity contribution in [3.05, 3.63) is 200 Å². The van der Waals surface area contributed by atoms with Crippen molar-refractivity contribution in [2.75, 3.05) is 0 Å². The van der Waals surface area contributed by atoms with Gasteiger partial charge in [-0.05, 0) is 73.5 Å². The van der Waals surface area contributed by atoms with Gasteiger partial charge in [0.25, 0.3) is 0 Å². The maximum absolute atomic E-state index is 4.93. The molecule has 0 radical (unpaired) electrons. The van der Waals surface area contributed by atoms with Gasteiger partial charge in [0.05, 0.1) is 0 Å². The van der Waals surface area contributed by atoms with Crippen molar-refractivity contribution in [2.45, 2.75) is 0 Å². The molecule has 0 aliphatic heterocycles. The van der Waals surface area contributed by atoms with Gasteiger partial charge in [-0.15, -0.1) is 0 Å². The fraction of sp³-hybridized carbons (Fsp3) is 0. The second-order valence-corrected chi connectivity index (χ2v) is 12.9. The third-order valence-electron chi connectivity index (χ3n) is 9.54. The molecule has 52 heavy (non-hydrogen) atoms. The highest BCUT2D eigenvalue weighted by Gasteiger charge is 2.15. The van der Waals surface area contributed by atoms with Gasteiger partial charge in [0.15, 0.2) is 17.5 Å². The van der Waals surface area contributed by atoms with Crippen molar-refractivity contribution < 1.29 is 0 Å². The summed E-state index contributed by atoms with van der Waals surface area (Å²) in [7, 11) is 0. The van der Waals surface area contributed by atoms with Crippen molar-refractivity contribution in [3.63, 3.8) is 0 Å². The summed E-state index contributed by atoms with van der Waals surface area (Å²) in [6.07, 6.45) is 0. The average Bonchev–Trinajstić information content (AvgIpc) is 3.24. The summed E-state index contributed by atoms with van der Waals surface area (Å²) in [5, 5.41) is 2.42. The zero-order valence-electron chi connectivity index (χ0n) is 28.4. The predicted octanol–water partition coefficient (Wildman–Crippen LogP) is 12.7. The first-order chi connectivity index (χ1) is 25.8. The topological polar surface area (TPSA) is 38.7 Å². The van der Waals surface area contributed by atoms with Crippen LogP contribution in [0.2, 0.25) is 0 Å². The highest BCUT2D eigenvalue weighted by atomic mass is 15.0. The average molecular weight is 664 g/mol. The van der Waals surface area contributed by atoms with E-state index in [2.05, 4.69) is 140 Å². The molecule has 0 unspecified atom stereocenters. The molecular formula is C49H33N3. The summed E-state index contributed by atoms with van der Waals surface area (Å²) in [6.45, 7) is 0. The molecule has 244 valence electrons. The van der Waals surface area contributed by atoms with Crippen LogP contribution in [0.25, 0.3) is 89.4 Å². The second-order valence-electron chi connectivity index (χ2n) is 12.9. The number of hydrogen-bond acceptors (Lipinski definition) is 3. The van der Waals surface area contributed by atoms with Gasteiger partial charge in [-0.25, -0.2) is 15.0 Å². The maximum atomic E-state index is 4.93. The van der Waals surface area contributed by atoms with Crippen LogP contribution < -0.4 is 0 Å². The van der Waals surface area contributed by atoms with E-state index in [9.17, 15) is 0 Å². The minimum atomic E-state index is 0.645. The van der Waals surface area contributed by atoms with E-state index in [4.69, 9.17) is 15.0 Å². The SMILES string of the molecule is c1ccc(-c2cc(-c3ccccc3)cc(-c3ccc(-c4ccc(-c5nc(-c6ccccc6)nc(-c6ccccc6)n5)cc4)c4ccccc34)c2)cc1. The van der Waals surface area contributed by atoms with Crippen LogP contribution in [-0.4, -0.2) is 15.0 Å². The Morgan fingerprint density at radius 3 is 0.942 bits per heavy atom. The normalized spacial score (nSPS) is 11.1. The number of fused-ring (bicyclic) bond motifs is 1. The summed E-state index contributed by atoms with van der Waals surface area (Å²) in [5.74, 6) is 1.95. The molecule has 3 nitrogen and oxygen atoms in total. The number of nitrogens with zero attached hydrogens (tertiary/aromatic N) is 3. The van der Waals surface area contributed by atoms with Crippen LogP contribution >= 0.6 is 0 Å². The summed E-state index contributed by atoms with van der Waals surface area (Å²) < 4.78 is 0. The Morgan fingerprint density at radius 1 is 0.212 bits per heavy atom. The summed E-state index contributed by atoms with van der Waals surface area (Å²) in [6, 6.07) is 70.2. The molecule has 0 aliphatic carbocycles. The zero-order valence-corrected chi connectivity index (χ0v) is 28.4. The fourth-order valence-corrected chi connectivity index (χ4v) is 6.92. The molecule has 1 aromatic heterocycles. The number of hydrogen-bond donors (Lipinski definition) is 0. The first-order valence-electron chi connectivity index (χ1n) is 17.5. The van der Waals surface area contributed by atoms with Gasteiger partial charge in [0.2, 0.25) is 0 Å². The van der Waals surface area contributed by atoms with E-state index in [-0.39, 0.29) is 0 Å². The van der Waals surface area contributed by atoms with Crippen LogP contribution in [0.1, 0.15) is 0 Å². The van der Waals surface area contributed by atoms with Crippen LogP contribution in [0.5, 0.6) is 0 Å². The molecule has 0 fully saturated rings. The van der Waals surface area contributed by atoms with Crippen molar-refractivity contribution in [1.82, 2.24) is 15.0 Å². The molecular weight excluding hydrogens is 631 g/mol. The highest BCUT2D eigenvalue weighted by Crippen LogP contribution is 2.39. The van der Waals surface area contributed by atoms with Gasteiger partial charge < -0.3 is 0 Å². The van der Waals surface area contributed by atoms with Crippen LogP contribution in [0.4, 0.5) is 0 Å². The Kier molecular flexibility index (Phi) is 8.20. The van der Waals surface area contributed by atoms with Gasteiger partial charge >= 0.3 is 0 Å².